The average molecular weight is 361 g/mol. The zero-order chi connectivity index (χ0) is 19.4. The molecule has 0 aliphatic rings. The first kappa shape index (κ1) is 18.2. The van der Waals surface area contributed by atoms with Gasteiger partial charge in [-0.3, -0.25) is 9.59 Å². The predicted molar refractivity (Wildman–Crippen MR) is 104 cm³/mol. The molecule has 6 nitrogen and oxygen atoms in total. The molecule has 0 saturated heterocycles. The second-order valence-corrected chi connectivity index (χ2v) is 6.29. The van der Waals surface area contributed by atoms with Crippen LogP contribution in [0.3, 0.4) is 0 Å². The third-order valence-electron chi connectivity index (χ3n) is 4.34. The van der Waals surface area contributed by atoms with Gasteiger partial charge in [0.2, 0.25) is 5.91 Å². The number of hydrogen-bond donors (Lipinski definition) is 2. The van der Waals surface area contributed by atoms with E-state index in [2.05, 4.69) is 10.3 Å². The number of aromatic amines is 1. The SMILES string of the molecule is COc1ccccc1NC(=O)C(C#N)Cc1cc2ccc(C)cc2[nH]c1=O. The number of methoxy groups -OCH3 is 1. The number of benzene rings is 2. The molecule has 3 aromatic rings. The van der Waals surface area contributed by atoms with Gasteiger partial charge in [0, 0.05) is 17.5 Å². The fourth-order valence-electron chi connectivity index (χ4n) is 2.90. The lowest BCUT2D eigenvalue weighted by molar-refractivity contribution is -0.118. The van der Waals surface area contributed by atoms with Crippen molar-refractivity contribution in [1.29, 1.82) is 5.26 Å². The van der Waals surface area contributed by atoms with E-state index in [0.29, 0.717) is 17.0 Å². The summed E-state index contributed by atoms with van der Waals surface area (Å²) in [7, 11) is 1.50. The minimum absolute atomic E-state index is 0.0244. The summed E-state index contributed by atoms with van der Waals surface area (Å²) >= 11 is 0. The number of rotatable bonds is 5. The van der Waals surface area contributed by atoms with Crippen LogP contribution >= 0.6 is 0 Å². The highest BCUT2D eigenvalue weighted by atomic mass is 16.5. The molecule has 136 valence electrons. The second kappa shape index (κ2) is 7.75. The monoisotopic (exact) mass is 361 g/mol. The van der Waals surface area contributed by atoms with Gasteiger partial charge in [-0.25, -0.2) is 0 Å². The smallest absolute Gasteiger partial charge is 0.251 e. The van der Waals surface area contributed by atoms with E-state index in [9.17, 15) is 14.9 Å². The average Bonchev–Trinajstić information content (AvgIpc) is 2.66. The number of pyridine rings is 1. The molecule has 0 aliphatic heterocycles. The molecule has 1 heterocycles. The molecule has 1 atom stereocenters. The molecule has 2 N–H and O–H groups in total. The van der Waals surface area contributed by atoms with Crippen LogP contribution in [0, 0.1) is 24.2 Å². The summed E-state index contributed by atoms with van der Waals surface area (Å²) in [5, 5.41) is 13.0. The molecule has 0 fully saturated rings. The standard InChI is InChI=1S/C21H19N3O3/c1-13-7-8-14-10-15(20(25)24-18(14)9-13)11-16(12-22)21(26)23-17-5-3-4-6-19(17)27-2/h3-10,16H,11H2,1-2H3,(H,23,26)(H,24,25). The van der Waals surface area contributed by atoms with Crippen molar-refractivity contribution in [3.8, 4) is 11.8 Å². The molecule has 1 unspecified atom stereocenters. The number of para-hydroxylation sites is 2. The van der Waals surface area contributed by atoms with Crippen LogP contribution < -0.4 is 15.6 Å². The lowest BCUT2D eigenvalue weighted by atomic mass is 9.99. The Labute approximate surface area is 156 Å². The summed E-state index contributed by atoms with van der Waals surface area (Å²) in [5.41, 5.74) is 2.35. The third kappa shape index (κ3) is 3.98. The predicted octanol–water partition coefficient (Wildman–Crippen LogP) is 3.17. The second-order valence-electron chi connectivity index (χ2n) is 6.29. The van der Waals surface area contributed by atoms with Gasteiger partial charge in [-0.15, -0.1) is 0 Å². The minimum Gasteiger partial charge on any atom is -0.495 e. The molecule has 0 radical (unpaired) electrons. The Morgan fingerprint density at radius 3 is 2.78 bits per heavy atom. The number of fused-ring (bicyclic) bond motifs is 1. The van der Waals surface area contributed by atoms with Gasteiger partial charge in [-0.05, 0) is 42.1 Å². The van der Waals surface area contributed by atoms with Gasteiger partial charge >= 0.3 is 0 Å². The lowest BCUT2D eigenvalue weighted by Crippen LogP contribution is -2.26. The van der Waals surface area contributed by atoms with Crippen LogP contribution in [-0.4, -0.2) is 18.0 Å². The van der Waals surface area contributed by atoms with E-state index in [1.54, 1.807) is 30.3 Å². The van der Waals surface area contributed by atoms with Gasteiger partial charge in [0.15, 0.2) is 0 Å². The number of nitrogens with zero attached hydrogens (tertiary/aromatic N) is 1. The molecule has 6 heteroatoms. The number of ether oxygens (including phenoxy) is 1. The van der Waals surface area contributed by atoms with Crippen LogP contribution in [0.1, 0.15) is 11.1 Å². The summed E-state index contributed by atoms with van der Waals surface area (Å²) in [4.78, 5) is 27.7. The van der Waals surface area contributed by atoms with E-state index in [1.165, 1.54) is 7.11 Å². The molecule has 0 aliphatic carbocycles. The molecule has 1 aromatic heterocycles. The van der Waals surface area contributed by atoms with E-state index < -0.39 is 11.8 Å². The van der Waals surface area contributed by atoms with Crippen molar-refractivity contribution < 1.29 is 9.53 Å². The first-order valence-electron chi connectivity index (χ1n) is 8.48. The van der Waals surface area contributed by atoms with Crippen molar-refractivity contribution in [2.45, 2.75) is 13.3 Å². The number of nitrogens with one attached hydrogen (secondary N) is 2. The number of amides is 1. The summed E-state index contributed by atoms with van der Waals surface area (Å²) in [5.74, 6) is -0.981. The zero-order valence-electron chi connectivity index (χ0n) is 15.1. The van der Waals surface area contributed by atoms with Crippen molar-refractivity contribution in [2.75, 3.05) is 12.4 Å². The fraction of sp³-hybridized carbons (Fsp3) is 0.190. The molecular weight excluding hydrogens is 342 g/mol. The minimum atomic E-state index is -1.00. The number of hydrogen-bond acceptors (Lipinski definition) is 4. The zero-order valence-corrected chi connectivity index (χ0v) is 15.1. The summed E-state index contributed by atoms with van der Waals surface area (Å²) < 4.78 is 5.20. The van der Waals surface area contributed by atoms with E-state index in [0.717, 1.165) is 16.5 Å². The first-order chi connectivity index (χ1) is 13.0. The van der Waals surface area contributed by atoms with Gasteiger partial charge in [0.05, 0.1) is 18.9 Å². The quantitative estimate of drug-likeness (QED) is 0.730. The van der Waals surface area contributed by atoms with Crippen LogP contribution in [0.5, 0.6) is 5.75 Å². The largest absolute Gasteiger partial charge is 0.495 e. The highest BCUT2D eigenvalue weighted by Gasteiger charge is 2.21. The highest BCUT2D eigenvalue weighted by molar-refractivity contribution is 5.95. The normalized spacial score (nSPS) is 11.6. The molecule has 2 aromatic carbocycles. The highest BCUT2D eigenvalue weighted by Crippen LogP contribution is 2.24. The number of anilines is 1. The van der Waals surface area contributed by atoms with Crippen LogP contribution in [-0.2, 0) is 11.2 Å². The van der Waals surface area contributed by atoms with Crippen molar-refractivity contribution in [3.05, 3.63) is 70.0 Å². The summed E-state index contributed by atoms with van der Waals surface area (Å²) in [6.45, 7) is 1.94. The maximum absolute atomic E-state index is 12.5. The number of aryl methyl sites for hydroxylation is 1. The number of nitriles is 1. The van der Waals surface area contributed by atoms with Crippen LogP contribution in [0.15, 0.2) is 53.3 Å². The van der Waals surface area contributed by atoms with Crippen molar-refractivity contribution in [2.24, 2.45) is 5.92 Å². The first-order valence-corrected chi connectivity index (χ1v) is 8.48. The maximum atomic E-state index is 12.5. The van der Waals surface area contributed by atoms with Gasteiger partial charge in [0.25, 0.3) is 5.56 Å². The number of carbonyl (C=O) groups excluding carboxylic acids is 1. The molecule has 3 rings (SSSR count). The topological polar surface area (TPSA) is 95.0 Å². The number of aromatic nitrogens is 1. The van der Waals surface area contributed by atoms with Crippen molar-refractivity contribution in [3.63, 3.8) is 0 Å². The van der Waals surface area contributed by atoms with Crippen molar-refractivity contribution in [1.82, 2.24) is 4.98 Å². The van der Waals surface area contributed by atoms with Gasteiger partial charge in [-0.1, -0.05) is 24.3 Å². The molecule has 0 saturated carbocycles. The summed E-state index contributed by atoms with van der Waals surface area (Å²) in [6, 6.07) is 16.4. The Balaban J connectivity index is 1.84. The Bertz CT molecular complexity index is 1100. The van der Waals surface area contributed by atoms with Gasteiger partial charge in [-0.2, -0.15) is 5.26 Å². The lowest BCUT2D eigenvalue weighted by Gasteiger charge is -2.13. The molecule has 0 spiro atoms. The van der Waals surface area contributed by atoms with E-state index in [1.807, 2.05) is 31.2 Å². The number of carbonyl (C=O) groups is 1. The third-order valence-corrected chi connectivity index (χ3v) is 4.34. The molecule has 0 bridgehead atoms. The Hall–Kier alpha value is -3.59. The summed E-state index contributed by atoms with van der Waals surface area (Å²) in [6.07, 6.45) is 0.0244. The molecule has 1 amide bonds. The van der Waals surface area contributed by atoms with E-state index in [-0.39, 0.29) is 12.0 Å². The Morgan fingerprint density at radius 2 is 2.04 bits per heavy atom. The molecular formula is C21H19N3O3. The maximum Gasteiger partial charge on any atom is 0.251 e. The Kier molecular flexibility index (Phi) is 5.23. The molecule has 27 heavy (non-hydrogen) atoms. The van der Waals surface area contributed by atoms with E-state index in [4.69, 9.17) is 4.74 Å². The fourth-order valence-corrected chi connectivity index (χ4v) is 2.90. The van der Waals surface area contributed by atoms with Crippen LogP contribution in [0.2, 0.25) is 0 Å². The Morgan fingerprint density at radius 1 is 1.26 bits per heavy atom. The van der Waals surface area contributed by atoms with Crippen LogP contribution in [0.25, 0.3) is 10.9 Å². The number of H-pyrrole nitrogens is 1. The van der Waals surface area contributed by atoms with E-state index >= 15 is 0 Å². The van der Waals surface area contributed by atoms with Crippen molar-refractivity contribution >= 4 is 22.5 Å². The van der Waals surface area contributed by atoms with Gasteiger partial charge in [0.1, 0.15) is 11.7 Å². The van der Waals surface area contributed by atoms with Gasteiger partial charge < -0.3 is 15.0 Å². The van der Waals surface area contributed by atoms with Crippen LogP contribution in [0.4, 0.5) is 5.69 Å².